The molecule has 2 aromatic heterocycles. The van der Waals surface area contributed by atoms with Gasteiger partial charge in [-0.05, 0) is 43.0 Å². The Bertz CT molecular complexity index is 888. The molecule has 1 fully saturated rings. The molecule has 10 heteroatoms. The molecule has 2 heterocycles. The minimum atomic E-state index is -3.40. The van der Waals surface area contributed by atoms with Crippen molar-refractivity contribution in [3.63, 3.8) is 0 Å². The molecule has 1 saturated carbocycles. The number of anilines is 1. The van der Waals surface area contributed by atoms with Crippen LogP contribution in [0.5, 0.6) is 0 Å². The zero-order valence-electron chi connectivity index (χ0n) is 14.7. The molecule has 0 aliphatic heterocycles. The van der Waals surface area contributed by atoms with Crippen molar-refractivity contribution < 1.29 is 22.4 Å². The molecule has 3 rings (SSSR count). The fourth-order valence-electron chi connectivity index (χ4n) is 3.18. The van der Waals surface area contributed by atoms with Crippen molar-refractivity contribution in [3.05, 3.63) is 22.6 Å². The van der Waals surface area contributed by atoms with Gasteiger partial charge in [-0.1, -0.05) is 0 Å². The molecule has 26 heavy (non-hydrogen) atoms. The maximum Gasteiger partial charge on any atom is 0.359 e. The number of rotatable bonds is 7. The highest BCUT2D eigenvalue weighted by Crippen LogP contribution is 2.37. The van der Waals surface area contributed by atoms with Crippen LogP contribution in [0.15, 0.2) is 17.6 Å². The largest absolute Gasteiger partial charge is 0.375 e. The van der Waals surface area contributed by atoms with E-state index < -0.39 is 10.1 Å². The molecule has 1 aliphatic rings. The molecule has 0 aromatic carbocycles. The molecular formula is C16H22N3O5S2+. The highest BCUT2D eigenvalue weighted by Gasteiger charge is 2.29. The molecule has 0 saturated heterocycles. The number of nitrogens with one attached hydrogen (secondary N) is 1. The average molecular weight is 401 g/mol. The fourth-order valence-corrected chi connectivity index (χ4v) is 4.47. The Morgan fingerprint density at radius 2 is 2.08 bits per heavy atom. The summed E-state index contributed by atoms with van der Waals surface area (Å²) >= 11 is 1.52. The van der Waals surface area contributed by atoms with Gasteiger partial charge in [-0.3, -0.25) is 4.18 Å². The third kappa shape index (κ3) is 4.49. The quantitative estimate of drug-likeness (QED) is 0.563. The smallest absolute Gasteiger partial charge is 0.359 e. The first kappa shape index (κ1) is 19.0. The molecule has 1 aliphatic carbocycles. The van der Waals surface area contributed by atoms with Crippen LogP contribution < -0.4 is 5.32 Å². The van der Waals surface area contributed by atoms with Crippen molar-refractivity contribution in [3.8, 4) is 0 Å². The topological polar surface area (TPSA) is 97.6 Å². The number of nitrogens with zero attached hydrogens (tertiary/aromatic N) is 2. The number of hydrogen-bond acceptors (Lipinski definition) is 8. The highest BCUT2D eigenvalue weighted by molar-refractivity contribution is 7.85. The summed E-state index contributed by atoms with van der Waals surface area (Å²) in [6, 6.07) is 2.11. The van der Waals surface area contributed by atoms with Crippen molar-refractivity contribution in [1.29, 1.82) is 0 Å². The van der Waals surface area contributed by atoms with Gasteiger partial charge in [0.05, 0.1) is 28.0 Å². The molecule has 2 aromatic rings. The van der Waals surface area contributed by atoms with Crippen LogP contribution in [-0.2, 0) is 19.1 Å². The van der Waals surface area contributed by atoms with Gasteiger partial charge in [0.2, 0.25) is 0 Å². The van der Waals surface area contributed by atoms with Gasteiger partial charge in [0.15, 0.2) is 7.11 Å². The lowest BCUT2D eigenvalue weighted by Gasteiger charge is -2.29. The lowest BCUT2D eigenvalue weighted by Crippen LogP contribution is -2.28. The van der Waals surface area contributed by atoms with E-state index in [0.29, 0.717) is 10.6 Å². The third-order valence-corrected chi connectivity index (χ3v) is 6.01. The van der Waals surface area contributed by atoms with Crippen LogP contribution in [0.2, 0.25) is 0 Å². The van der Waals surface area contributed by atoms with E-state index in [0.717, 1.165) is 47.8 Å². The van der Waals surface area contributed by atoms with Gasteiger partial charge >= 0.3 is 5.69 Å². The van der Waals surface area contributed by atoms with Gasteiger partial charge in [-0.2, -0.15) is 8.42 Å². The van der Waals surface area contributed by atoms with E-state index in [1.807, 2.05) is 11.4 Å². The Morgan fingerprint density at radius 1 is 1.35 bits per heavy atom. The zero-order valence-corrected chi connectivity index (χ0v) is 16.3. The lowest BCUT2D eigenvalue weighted by atomic mass is 9.86. The molecule has 0 bridgehead atoms. The fraction of sp³-hybridized carbons (Fsp3) is 0.562. The standard InChI is InChI=1S/C16H22N3O5S2/c1-23-19(20)14-9-17-13-7-8-25-16(13)15(14)18-12-5-3-11(4-6-12)10-24-26(2,21)22/h7-9,11-12H,3-6,10H2,1-2H3,(H,17,18)/q+1. The first-order chi connectivity index (χ1) is 12.4. The molecular weight excluding hydrogens is 378 g/mol. The first-order valence-corrected chi connectivity index (χ1v) is 11.1. The molecule has 142 valence electrons. The van der Waals surface area contributed by atoms with Crippen LogP contribution in [0.25, 0.3) is 10.2 Å². The van der Waals surface area contributed by atoms with Crippen LogP contribution >= 0.6 is 11.3 Å². The second-order valence-corrected chi connectivity index (χ2v) is 9.00. The van der Waals surface area contributed by atoms with Crippen molar-refractivity contribution in [2.45, 2.75) is 31.7 Å². The van der Waals surface area contributed by atoms with Gasteiger partial charge in [-0.25, -0.2) is 9.82 Å². The highest BCUT2D eigenvalue weighted by atomic mass is 32.2. The molecule has 8 nitrogen and oxygen atoms in total. The Labute approximate surface area is 156 Å². The van der Waals surface area contributed by atoms with Crippen LogP contribution in [0, 0.1) is 10.8 Å². The second-order valence-electron chi connectivity index (χ2n) is 6.44. The molecule has 0 radical (unpaired) electrons. The summed E-state index contributed by atoms with van der Waals surface area (Å²) in [5.41, 5.74) is 1.92. The summed E-state index contributed by atoms with van der Waals surface area (Å²) in [6.45, 7) is 0.235. The van der Waals surface area contributed by atoms with E-state index in [1.165, 1.54) is 24.6 Å². The SMILES string of the molecule is CO[N+](=O)c1cnc2ccsc2c1NC1CCC(COS(C)(=O)=O)CC1. The molecule has 0 amide bonds. The van der Waals surface area contributed by atoms with Crippen molar-refractivity contribution in [1.82, 2.24) is 4.98 Å². The van der Waals surface area contributed by atoms with Gasteiger partial charge in [0.1, 0.15) is 11.9 Å². The normalized spacial score (nSPS) is 20.8. The summed E-state index contributed by atoms with van der Waals surface area (Å²) in [6.07, 6.45) is 6.07. The van der Waals surface area contributed by atoms with Crippen LogP contribution in [0.1, 0.15) is 25.7 Å². The summed E-state index contributed by atoms with van der Waals surface area (Å²) < 4.78 is 28.1. The predicted molar refractivity (Wildman–Crippen MR) is 100 cm³/mol. The Hall–Kier alpha value is -1.78. The van der Waals surface area contributed by atoms with Gasteiger partial charge in [-0.15, -0.1) is 11.3 Å². The summed E-state index contributed by atoms with van der Waals surface area (Å²) in [5, 5.41) is 5.41. The maximum atomic E-state index is 12.0. The molecule has 0 unspecified atom stereocenters. The first-order valence-electron chi connectivity index (χ1n) is 8.36. The number of thiophene rings is 1. The minimum Gasteiger partial charge on any atom is -0.375 e. The van der Waals surface area contributed by atoms with Crippen molar-refractivity contribution in [2.75, 3.05) is 25.3 Å². The van der Waals surface area contributed by atoms with Gasteiger partial charge < -0.3 is 5.32 Å². The third-order valence-electron chi connectivity index (χ3n) is 4.53. The second kappa shape index (κ2) is 7.85. The summed E-state index contributed by atoms with van der Waals surface area (Å²) in [5.74, 6) is 0.233. The van der Waals surface area contributed by atoms with Gasteiger partial charge in [0.25, 0.3) is 15.0 Å². The van der Waals surface area contributed by atoms with E-state index in [4.69, 9.17) is 9.02 Å². The monoisotopic (exact) mass is 400 g/mol. The van der Waals surface area contributed by atoms with E-state index in [9.17, 15) is 13.3 Å². The van der Waals surface area contributed by atoms with Crippen LogP contribution in [-0.4, -0.2) is 44.3 Å². The molecule has 1 N–H and O–H groups in total. The minimum absolute atomic E-state index is 0.196. The van der Waals surface area contributed by atoms with E-state index in [2.05, 4.69) is 10.3 Å². The van der Waals surface area contributed by atoms with E-state index in [-0.39, 0.29) is 18.6 Å². The molecule has 0 atom stereocenters. The van der Waals surface area contributed by atoms with Gasteiger partial charge in [0, 0.05) is 6.04 Å². The average Bonchev–Trinajstić information content (AvgIpc) is 3.09. The van der Waals surface area contributed by atoms with Crippen molar-refractivity contribution >= 4 is 43.0 Å². The Kier molecular flexibility index (Phi) is 5.73. The number of hydrogen-bond donors (Lipinski definition) is 1. The summed E-state index contributed by atoms with van der Waals surface area (Å²) in [4.78, 5) is 21.6. The van der Waals surface area contributed by atoms with Crippen molar-refractivity contribution in [2.24, 2.45) is 5.92 Å². The van der Waals surface area contributed by atoms with E-state index >= 15 is 0 Å². The summed E-state index contributed by atoms with van der Waals surface area (Å²) in [7, 11) is -2.08. The number of aromatic nitrogens is 1. The van der Waals surface area contributed by atoms with Crippen LogP contribution in [0.4, 0.5) is 11.4 Å². The maximum absolute atomic E-state index is 12.0. The Balaban J connectivity index is 1.70. The lowest BCUT2D eigenvalue weighted by molar-refractivity contribution is -0.736. The van der Waals surface area contributed by atoms with Crippen LogP contribution in [0.3, 0.4) is 0 Å². The molecule has 0 spiro atoms. The number of pyridine rings is 1. The predicted octanol–water partition coefficient (Wildman–Crippen LogP) is 3.22. The Morgan fingerprint density at radius 3 is 2.73 bits per heavy atom. The zero-order chi connectivity index (χ0) is 18.7. The van der Waals surface area contributed by atoms with E-state index in [1.54, 1.807) is 0 Å². The number of fused-ring (bicyclic) bond motifs is 1.